The number of Topliss-reactive ketones (excluding diaryl/α,β-unsaturated/α-hetero) is 1. The average molecular weight is 401 g/mol. The molecule has 1 fully saturated rings. The molecular formula is C17H28N2O7Si. The molecule has 27 heavy (non-hydrogen) atoms. The molecule has 0 saturated carbocycles. The van der Waals surface area contributed by atoms with Crippen molar-refractivity contribution in [1.29, 1.82) is 0 Å². The number of carbonyl (C=O) groups is 3. The molecule has 0 spiro atoms. The molecule has 2 aliphatic heterocycles. The van der Waals surface area contributed by atoms with Crippen LogP contribution in [0.15, 0.2) is 12.3 Å². The second-order valence-corrected chi connectivity index (χ2v) is 13.2. The van der Waals surface area contributed by atoms with Crippen molar-refractivity contribution < 1.29 is 32.9 Å². The number of rotatable bonds is 5. The first kappa shape index (κ1) is 21.9. The SMILES string of the molecule is CO[C@@H]1[C@H](O[Si](C)(C)C(C)(C)C)[C@@H](C(C)=O)O[C@H]1[N+]1([O-])C=CC(=O)NC1=O. The highest BCUT2D eigenvalue weighted by Gasteiger charge is 2.59. The lowest BCUT2D eigenvalue weighted by molar-refractivity contribution is -0.807. The van der Waals surface area contributed by atoms with Crippen LogP contribution < -0.4 is 5.32 Å². The Hall–Kier alpha value is -1.43. The minimum Gasteiger partial charge on any atom is -0.617 e. The Balaban J connectivity index is 2.43. The molecule has 3 amide bonds. The second kappa shape index (κ2) is 7.19. The van der Waals surface area contributed by atoms with Crippen LogP contribution in [0.5, 0.6) is 0 Å². The van der Waals surface area contributed by atoms with E-state index in [0.29, 0.717) is 0 Å². The quantitative estimate of drug-likeness (QED) is 0.425. The van der Waals surface area contributed by atoms with E-state index in [0.717, 1.165) is 12.3 Å². The van der Waals surface area contributed by atoms with Crippen molar-refractivity contribution in [2.24, 2.45) is 0 Å². The molecule has 0 radical (unpaired) electrons. The van der Waals surface area contributed by atoms with Gasteiger partial charge in [-0.2, -0.15) is 0 Å². The Morgan fingerprint density at radius 1 is 1.30 bits per heavy atom. The van der Waals surface area contributed by atoms with Gasteiger partial charge in [0.25, 0.3) is 5.91 Å². The molecular weight excluding hydrogens is 372 g/mol. The van der Waals surface area contributed by atoms with Gasteiger partial charge in [-0.15, -0.1) is 0 Å². The molecule has 0 bridgehead atoms. The summed E-state index contributed by atoms with van der Waals surface area (Å²) in [5.74, 6) is -1.01. The Kier molecular flexibility index (Phi) is 5.82. The number of methoxy groups -OCH3 is 1. The van der Waals surface area contributed by atoms with Crippen molar-refractivity contribution >= 4 is 26.0 Å². The molecule has 2 aliphatic rings. The summed E-state index contributed by atoms with van der Waals surface area (Å²) in [6.45, 7) is 11.5. The van der Waals surface area contributed by atoms with Crippen LogP contribution in [0.4, 0.5) is 4.79 Å². The number of urea groups is 1. The number of hydrogen-bond acceptors (Lipinski definition) is 7. The lowest BCUT2D eigenvalue weighted by atomic mass is 10.1. The molecule has 0 aromatic carbocycles. The van der Waals surface area contributed by atoms with Gasteiger partial charge in [0.05, 0.1) is 6.08 Å². The molecule has 1 saturated heterocycles. The first-order chi connectivity index (χ1) is 12.2. The highest BCUT2D eigenvalue weighted by Crippen LogP contribution is 2.41. The van der Waals surface area contributed by atoms with E-state index in [1.54, 1.807) is 0 Å². The topological polar surface area (TPSA) is 114 Å². The maximum absolute atomic E-state index is 13.2. The van der Waals surface area contributed by atoms with Crippen LogP contribution in [-0.4, -0.2) is 62.3 Å². The Morgan fingerprint density at radius 3 is 2.33 bits per heavy atom. The van der Waals surface area contributed by atoms with Crippen LogP contribution >= 0.6 is 0 Å². The van der Waals surface area contributed by atoms with Gasteiger partial charge in [-0.25, -0.2) is 14.8 Å². The van der Waals surface area contributed by atoms with Gasteiger partial charge in [0, 0.05) is 7.11 Å². The van der Waals surface area contributed by atoms with Crippen molar-refractivity contribution in [3.63, 3.8) is 0 Å². The van der Waals surface area contributed by atoms with Crippen LogP contribution in [0.25, 0.3) is 0 Å². The summed E-state index contributed by atoms with van der Waals surface area (Å²) in [6, 6.07) is -1.09. The van der Waals surface area contributed by atoms with Crippen LogP contribution in [-0.2, 0) is 23.5 Å². The van der Waals surface area contributed by atoms with Gasteiger partial charge in [0.1, 0.15) is 18.4 Å². The average Bonchev–Trinajstić information content (AvgIpc) is 2.88. The predicted octanol–water partition coefficient (Wildman–Crippen LogP) is 1.78. The zero-order valence-corrected chi connectivity index (χ0v) is 17.8. The zero-order chi connectivity index (χ0) is 20.8. The van der Waals surface area contributed by atoms with Gasteiger partial charge in [-0.1, -0.05) is 20.8 Å². The maximum atomic E-state index is 13.2. The fourth-order valence-corrected chi connectivity index (χ4v) is 4.14. The highest BCUT2D eigenvalue weighted by atomic mass is 28.4. The number of hydrogen-bond donors (Lipinski definition) is 1. The van der Waals surface area contributed by atoms with E-state index in [9.17, 15) is 19.6 Å². The molecule has 1 N–H and O–H groups in total. The van der Waals surface area contributed by atoms with Crippen molar-refractivity contribution in [3.05, 3.63) is 17.5 Å². The highest BCUT2D eigenvalue weighted by molar-refractivity contribution is 6.74. The molecule has 5 atom stereocenters. The summed E-state index contributed by atoms with van der Waals surface area (Å²) in [7, 11) is -0.971. The normalized spacial score (nSPS) is 34.7. The summed E-state index contributed by atoms with van der Waals surface area (Å²) in [5, 5.41) is 15.0. The molecule has 2 heterocycles. The first-order valence-electron chi connectivity index (χ1n) is 8.75. The van der Waals surface area contributed by atoms with Gasteiger partial charge in [-0.05, 0) is 25.1 Å². The Labute approximate surface area is 159 Å². The number of imide groups is 1. The van der Waals surface area contributed by atoms with Crippen molar-refractivity contribution in [1.82, 2.24) is 5.32 Å². The standard InChI is InChI=1S/C17H28N2O7Si/c1-10(20)12-13(26-27(6,7)17(2,3)4)14(24-5)15(25-12)19(23)9-8-11(21)18-16(19)22/h8-9,12-15H,1-7H3,(H,18,21,22)/t12-,13-,14-,15-,19?/m1/s1. The third-order valence-electron chi connectivity index (χ3n) is 5.47. The third-order valence-corrected chi connectivity index (χ3v) is 9.95. The molecule has 9 nitrogen and oxygen atoms in total. The molecule has 152 valence electrons. The minimum absolute atomic E-state index is 0.150. The summed E-state index contributed by atoms with van der Waals surface area (Å²) < 4.78 is 15.9. The second-order valence-electron chi connectivity index (χ2n) is 8.42. The monoisotopic (exact) mass is 400 g/mol. The number of amides is 3. The summed E-state index contributed by atoms with van der Waals surface area (Å²) in [6.07, 6.45) is -2.34. The third kappa shape index (κ3) is 3.91. The fourth-order valence-electron chi connectivity index (χ4n) is 2.85. The predicted molar refractivity (Wildman–Crippen MR) is 98.5 cm³/mol. The molecule has 2 rings (SSSR count). The number of nitrogens with zero attached hydrogens (tertiary/aromatic N) is 1. The minimum atomic E-state index is -2.34. The summed E-state index contributed by atoms with van der Waals surface area (Å²) in [4.78, 5) is 35.8. The van der Waals surface area contributed by atoms with E-state index in [2.05, 4.69) is 0 Å². The number of nitrogens with one attached hydrogen (secondary N) is 1. The van der Waals surface area contributed by atoms with E-state index in [1.807, 2.05) is 39.2 Å². The number of hydroxylamine groups is 3. The smallest absolute Gasteiger partial charge is 0.430 e. The van der Waals surface area contributed by atoms with E-state index in [1.165, 1.54) is 14.0 Å². The summed E-state index contributed by atoms with van der Waals surface area (Å²) in [5.41, 5.74) is 0. The number of ketones is 1. The maximum Gasteiger partial charge on any atom is 0.430 e. The van der Waals surface area contributed by atoms with E-state index in [4.69, 9.17) is 13.9 Å². The summed E-state index contributed by atoms with van der Waals surface area (Å²) >= 11 is 0. The van der Waals surface area contributed by atoms with Gasteiger partial charge in [0.15, 0.2) is 20.2 Å². The van der Waals surface area contributed by atoms with Crippen molar-refractivity contribution in [2.75, 3.05) is 7.11 Å². The number of carbonyl (C=O) groups excluding carboxylic acids is 3. The van der Waals surface area contributed by atoms with Crippen LogP contribution in [0.2, 0.25) is 18.1 Å². The fraction of sp³-hybridized carbons (Fsp3) is 0.706. The van der Waals surface area contributed by atoms with E-state index < -0.39 is 49.4 Å². The largest absolute Gasteiger partial charge is 0.617 e. The molecule has 0 aromatic heterocycles. The number of quaternary nitrogens is 1. The first-order valence-corrected chi connectivity index (χ1v) is 11.7. The van der Waals surface area contributed by atoms with Gasteiger partial charge < -0.3 is 19.1 Å². The number of ether oxygens (including phenoxy) is 2. The molecule has 1 unspecified atom stereocenters. The van der Waals surface area contributed by atoms with E-state index >= 15 is 0 Å². The van der Waals surface area contributed by atoms with Crippen LogP contribution in [0.3, 0.4) is 0 Å². The van der Waals surface area contributed by atoms with Gasteiger partial charge >= 0.3 is 6.03 Å². The van der Waals surface area contributed by atoms with Gasteiger partial charge in [0.2, 0.25) is 6.23 Å². The lowest BCUT2D eigenvalue weighted by Gasteiger charge is -2.43. The van der Waals surface area contributed by atoms with Crippen LogP contribution in [0.1, 0.15) is 27.7 Å². The molecule has 0 aromatic rings. The lowest BCUT2D eigenvalue weighted by Crippen LogP contribution is -2.62. The van der Waals surface area contributed by atoms with Gasteiger partial charge in [-0.3, -0.25) is 9.59 Å². The van der Waals surface area contributed by atoms with Crippen LogP contribution in [0, 0.1) is 5.21 Å². The van der Waals surface area contributed by atoms with E-state index in [-0.39, 0.29) is 10.8 Å². The van der Waals surface area contributed by atoms with Crippen molar-refractivity contribution in [3.8, 4) is 0 Å². The molecule has 10 heteroatoms. The zero-order valence-electron chi connectivity index (χ0n) is 16.8. The Bertz CT molecular complexity index is 673. The molecule has 0 aliphatic carbocycles. The Morgan fingerprint density at radius 2 is 1.89 bits per heavy atom. The van der Waals surface area contributed by atoms with Crippen molar-refractivity contribution in [2.45, 2.75) is 70.4 Å².